The van der Waals surface area contributed by atoms with E-state index in [1.807, 2.05) is 0 Å². The van der Waals surface area contributed by atoms with E-state index in [0.717, 1.165) is 19.4 Å². The standard InChI is InChI=1S/C18H24N2O5S/c1-20(2)17(22)12-26-15-8-4-3-7-14(15)18(23)25-11-16(21)19-10-13-6-5-9-24-13/h3-4,7-8,13H,5-6,9-12H2,1-2H3,(H,19,21)/t13-/m0/s1. The summed E-state index contributed by atoms with van der Waals surface area (Å²) in [6, 6.07) is 6.87. The van der Waals surface area contributed by atoms with E-state index in [1.54, 1.807) is 38.4 Å². The van der Waals surface area contributed by atoms with Crippen molar-refractivity contribution in [2.75, 3.05) is 39.6 Å². The number of carbonyl (C=O) groups is 3. The fraction of sp³-hybridized carbons (Fsp3) is 0.500. The zero-order valence-electron chi connectivity index (χ0n) is 15.0. The molecule has 2 amide bonds. The Labute approximate surface area is 157 Å². The molecule has 7 nitrogen and oxygen atoms in total. The Hall–Kier alpha value is -2.06. The van der Waals surface area contributed by atoms with Crippen molar-refractivity contribution in [3.63, 3.8) is 0 Å². The Morgan fingerprint density at radius 3 is 2.77 bits per heavy atom. The zero-order valence-corrected chi connectivity index (χ0v) is 15.8. The van der Waals surface area contributed by atoms with Crippen LogP contribution in [0.4, 0.5) is 0 Å². The van der Waals surface area contributed by atoms with Gasteiger partial charge in [-0.05, 0) is 25.0 Å². The SMILES string of the molecule is CN(C)C(=O)CSc1ccccc1C(=O)OCC(=O)NC[C@@H]1CCCO1. The van der Waals surface area contributed by atoms with Crippen LogP contribution in [-0.4, -0.2) is 68.4 Å². The molecule has 0 aliphatic carbocycles. The lowest BCUT2D eigenvalue weighted by Gasteiger charge is -2.13. The first-order valence-corrected chi connectivity index (χ1v) is 9.43. The average molecular weight is 380 g/mol. The number of thioether (sulfide) groups is 1. The highest BCUT2D eigenvalue weighted by molar-refractivity contribution is 8.00. The first kappa shape index (κ1) is 20.3. The lowest BCUT2D eigenvalue weighted by molar-refractivity contribution is -0.126. The molecule has 1 aromatic carbocycles. The Bertz CT molecular complexity index is 644. The van der Waals surface area contributed by atoms with Crippen LogP contribution in [0.3, 0.4) is 0 Å². The highest BCUT2D eigenvalue weighted by Crippen LogP contribution is 2.23. The number of ether oxygens (including phenoxy) is 2. The molecule has 2 rings (SSSR count). The summed E-state index contributed by atoms with van der Waals surface area (Å²) < 4.78 is 10.5. The number of hydrogen-bond donors (Lipinski definition) is 1. The van der Waals surface area contributed by atoms with Crippen LogP contribution in [0.15, 0.2) is 29.2 Å². The van der Waals surface area contributed by atoms with Gasteiger partial charge >= 0.3 is 5.97 Å². The number of hydrogen-bond acceptors (Lipinski definition) is 6. The van der Waals surface area contributed by atoms with E-state index in [-0.39, 0.29) is 30.3 Å². The Morgan fingerprint density at radius 2 is 2.08 bits per heavy atom. The van der Waals surface area contributed by atoms with Crippen LogP contribution in [0.2, 0.25) is 0 Å². The second-order valence-electron chi connectivity index (χ2n) is 6.09. The van der Waals surface area contributed by atoms with Crippen LogP contribution >= 0.6 is 11.8 Å². The summed E-state index contributed by atoms with van der Waals surface area (Å²) in [6.07, 6.45) is 1.97. The first-order valence-electron chi connectivity index (χ1n) is 8.44. The summed E-state index contributed by atoms with van der Waals surface area (Å²) in [7, 11) is 3.36. The van der Waals surface area contributed by atoms with Crippen molar-refractivity contribution < 1.29 is 23.9 Å². The molecule has 1 aliphatic rings. The van der Waals surface area contributed by atoms with Crippen molar-refractivity contribution in [2.24, 2.45) is 0 Å². The number of esters is 1. The van der Waals surface area contributed by atoms with E-state index in [1.165, 1.54) is 16.7 Å². The van der Waals surface area contributed by atoms with Gasteiger partial charge in [-0.25, -0.2) is 4.79 Å². The van der Waals surface area contributed by atoms with Crippen molar-refractivity contribution in [3.8, 4) is 0 Å². The zero-order chi connectivity index (χ0) is 18.9. The fourth-order valence-corrected chi connectivity index (χ4v) is 3.34. The Balaban J connectivity index is 1.82. The highest BCUT2D eigenvalue weighted by Gasteiger charge is 2.18. The first-order chi connectivity index (χ1) is 12.5. The third-order valence-corrected chi connectivity index (χ3v) is 4.90. The van der Waals surface area contributed by atoms with Crippen LogP contribution in [0, 0.1) is 0 Å². The van der Waals surface area contributed by atoms with Crippen molar-refractivity contribution in [3.05, 3.63) is 29.8 Å². The fourth-order valence-electron chi connectivity index (χ4n) is 2.32. The maximum absolute atomic E-state index is 12.3. The van der Waals surface area contributed by atoms with Gasteiger partial charge in [0.1, 0.15) is 0 Å². The van der Waals surface area contributed by atoms with Crippen LogP contribution in [0.1, 0.15) is 23.2 Å². The maximum atomic E-state index is 12.3. The molecule has 1 heterocycles. The predicted molar refractivity (Wildman–Crippen MR) is 98.1 cm³/mol. The number of carbonyl (C=O) groups excluding carboxylic acids is 3. The van der Waals surface area contributed by atoms with Crippen molar-refractivity contribution in [1.29, 1.82) is 0 Å². The van der Waals surface area contributed by atoms with Gasteiger partial charge in [-0.3, -0.25) is 9.59 Å². The molecule has 1 atom stereocenters. The lowest BCUT2D eigenvalue weighted by Crippen LogP contribution is -2.34. The van der Waals surface area contributed by atoms with Crippen molar-refractivity contribution in [1.82, 2.24) is 10.2 Å². The summed E-state index contributed by atoms with van der Waals surface area (Å²) in [5, 5.41) is 2.70. The smallest absolute Gasteiger partial charge is 0.339 e. The maximum Gasteiger partial charge on any atom is 0.339 e. The third kappa shape index (κ3) is 6.34. The van der Waals surface area contributed by atoms with Gasteiger partial charge in [-0.2, -0.15) is 0 Å². The van der Waals surface area contributed by atoms with Gasteiger partial charge in [0, 0.05) is 32.1 Å². The Morgan fingerprint density at radius 1 is 1.31 bits per heavy atom. The van der Waals surface area contributed by atoms with E-state index in [9.17, 15) is 14.4 Å². The average Bonchev–Trinajstić information content (AvgIpc) is 3.16. The molecule has 1 saturated heterocycles. The predicted octanol–water partition coefficient (Wildman–Crippen LogP) is 1.32. The summed E-state index contributed by atoms with van der Waals surface area (Å²) in [6.45, 7) is 0.803. The Kier molecular flexibility index (Phi) is 7.93. The quantitative estimate of drug-likeness (QED) is 0.541. The number of nitrogens with zero attached hydrogens (tertiary/aromatic N) is 1. The number of benzene rings is 1. The summed E-state index contributed by atoms with van der Waals surface area (Å²) in [5.41, 5.74) is 0.344. The third-order valence-electron chi connectivity index (χ3n) is 3.84. The second kappa shape index (κ2) is 10.2. The molecule has 0 unspecified atom stereocenters. The normalized spacial score (nSPS) is 16.2. The highest BCUT2D eigenvalue weighted by atomic mass is 32.2. The summed E-state index contributed by atoms with van der Waals surface area (Å²) >= 11 is 1.26. The molecular weight excluding hydrogens is 356 g/mol. The number of amides is 2. The summed E-state index contributed by atoms with van der Waals surface area (Å²) in [5.74, 6) is -0.773. The summed E-state index contributed by atoms with van der Waals surface area (Å²) in [4.78, 5) is 37.9. The lowest BCUT2D eigenvalue weighted by atomic mass is 10.2. The van der Waals surface area contributed by atoms with Crippen molar-refractivity contribution >= 4 is 29.5 Å². The minimum absolute atomic E-state index is 0.0426. The monoisotopic (exact) mass is 380 g/mol. The minimum Gasteiger partial charge on any atom is -0.452 e. The molecule has 8 heteroatoms. The van der Waals surface area contributed by atoms with Gasteiger partial charge < -0.3 is 19.7 Å². The molecule has 142 valence electrons. The molecule has 1 aliphatic heterocycles. The van der Waals surface area contributed by atoms with Crippen LogP contribution in [-0.2, 0) is 19.1 Å². The molecule has 1 aromatic rings. The van der Waals surface area contributed by atoms with Gasteiger partial charge in [-0.15, -0.1) is 11.8 Å². The molecule has 0 radical (unpaired) electrons. The van der Waals surface area contributed by atoms with Gasteiger partial charge in [0.05, 0.1) is 17.4 Å². The van der Waals surface area contributed by atoms with Crippen LogP contribution < -0.4 is 5.32 Å². The molecule has 0 bridgehead atoms. The molecule has 1 fully saturated rings. The van der Waals surface area contributed by atoms with Gasteiger partial charge in [0.2, 0.25) is 5.91 Å². The molecule has 26 heavy (non-hydrogen) atoms. The van der Waals surface area contributed by atoms with Crippen molar-refractivity contribution in [2.45, 2.75) is 23.8 Å². The molecule has 0 aromatic heterocycles. The van der Waals surface area contributed by atoms with Gasteiger partial charge in [0.25, 0.3) is 5.91 Å². The van der Waals surface area contributed by atoms with Crippen LogP contribution in [0.25, 0.3) is 0 Å². The van der Waals surface area contributed by atoms with Gasteiger partial charge in [0.15, 0.2) is 6.61 Å². The molecular formula is C18H24N2O5S. The molecule has 0 spiro atoms. The van der Waals surface area contributed by atoms with E-state index < -0.39 is 5.97 Å². The van der Waals surface area contributed by atoms with Crippen LogP contribution in [0.5, 0.6) is 0 Å². The molecule has 1 N–H and O–H groups in total. The topological polar surface area (TPSA) is 84.9 Å². The van der Waals surface area contributed by atoms with E-state index in [0.29, 0.717) is 17.0 Å². The van der Waals surface area contributed by atoms with E-state index in [2.05, 4.69) is 5.32 Å². The van der Waals surface area contributed by atoms with E-state index >= 15 is 0 Å². The number of nitrogens with one attached hydrogen (secondary N) is 1. The second-order valence-corrected chi connectivity index (χ2v) is 7.11. The largest absolute Gasteiger partial charge is 0.452 e. The molecule has 0 saturated carbocycles. The van der Waals surface area contributed by atoms with E-state index in [4.69, 9.17) is 9.47 Å². The minimum atomic E-state index is -0.585. The van der Waals surface area contributed by atoms with Gasteiger partial charge in [-0.1, -0.05) is 12.1 Å². The number of rotatable bonds is 8.